The Morgan fingerprint density at radius 1 is 1.45 bits per heavy atom. The van der Waals surface area contributed by atoms with Crippen molar-refractivity contribution in [1.29, 1.82) is 0 Å². The minimum atomic E-state index is -0.291. The first-order chi connectivity index (χ1) is 9.47. The highest BCUT2D eigenvalue weighted by atomic mass is 32.2. The van der Waals surface area contributed by atoms with Gasteiger partial charge in [-0.05, 0) is 27.7 Å². The molecule has 0 radical (unpaired) electrons. The predicted octanol–water partition coefficient (Wildman–Crippen LogP) is 2.01. The summed E-state index contributed by atoms with van der Waals surface area (Å²) in [5.74, 6) is 1.33. The highest BCUT2D eigenvalue weighted by Gasteiger charge is 2.18. The fraction of sp³-hybridized carbons (Fsp3) is 0.500. The van der Waals surface area contributed by atoms with Gasteiger partial charge in [0.15, 0.2) is 0 Å². The third-order valence-corrected chi connectivity index (χ3v) is 3.60. The van der Waals surface area contributed by atoms with Crippen molar-refractivity contribution in [2.45, 2.75) is 44.1 Å². The van der Waals surface area contributed by atoms with Crippen LogP contribution >= 0.6 is 11.8 Å². The molecule has 1 amide bonds. The van der Waals surface area contributed by atoms with Gasteiger partial charge in [0.1, 0.15) is 11.6 Å². The zero-order valence-electron chi connectivity index (χ0n) is 11.9. The largest absolute Gasteiger partial charge is 0.310 e. The standard InChI is InChI=1S/C12H18N6OS/c1-7(2)18-10(5-6-13-18)15-11(19)8(3)20-12-14-9(4)16-17-12/h5-8H,1-4H3,(H,15,19)(H,14,16,17). The highest BCUT2D eigenvalue weighted by molar-refractivity contribution is 8.00. The van der Waals surface area contributed by atoms with Gasteiger partial charge in [-0.15, -0.1) is 5.10 Å². The summed E-state index contributed by atoms with van der Waals surface area (Å²) in [5.41, 5.74) is 0. The monoisotopic (exact) mass is 294 g/mol. The van der Waals surface area contributed by atoms with E-state index >= 15 is 0 Å². The van der Waals surface area contributed by atoms with Crippen molar-refractivity contribution in [3.05, 3.63) is 18.1 Å². The Morgan fingerprint density at radius 3 is 2.80 bits per heavy atom. The minimum absolute atomic E-state index is 0.0974. The minimum Gasteiger partial charge on any atom is -0.310 e. The van der Waals surface area contributed by atoms with Gasteiger partial charge in [0, 0.05) is 12.1 Å². The zero-order valence-corrected chi connectivity index (χ0v) is 12.7. The van der Waals surface area contributed by atoms with Gasteiger partial charge in [-0.25, -0.2) is 9.67 Å². The van der Waals surface area contributed by atoms with Crippen molar-refractivity contribution in [3.63, 3.8) is 0 Å². The number of aromatic amines is 1. The molecule has 1 atom stereocenters. The Bertz CT molecular complexity index is 590. The fourth-order valence-electron chi connectivity index (χ4n) is 1.64. The van der Waals surface area contributed by atoms with Gasteiger partial charge < -0.3 is 5.32 Å². The Balaban J connectivity index is 1.99. The molecule has 8 heteroatoms. The van der Waals surface area contributed by atoms with Gasteiger partial charge in [0.25, 0.3) is 0 Å². The van der Waals surface area contributed by atoms with Crippen LogP contribution < -0.4 is 5.32 Å². The second kappa shape index (κ2) is 6.08. The number of carbonyl (C=O) groups excluding carboxylic acids is 1. The lowest BCUT2D eigenvalue weighted by molar-refractivity contribution is -0.115. The molecule has 108 valence electrons. The molecule has 0 saturated heterocycles. The number of nitrogens with one attached hydrogen (secondary N) is 2. The van der Waals surface area contributed by atoms with Gasteiger partial charge in [-0.3, -0.25) is 9.89 Å². The van der Waals surface area contributed by atoms with Gasteiger partial charge in [0.2, 0.25) is 11.1 Å². The Labute approximate surface area is 121 Å². The molecule has 2 aromatic rings. The molecule has 0 aromatic carbocycles. The first kappa shape index (κ1) is 14.6. The van der Waals surface area contributed by atoms with Gasteiger partial charge >= 0.3 is 0 Å². The number of H-pyrrole nitrogens is 1. The molecule has 2 heterocycles. The van der Waals surface area contributed by atoms with Crippen molar-refractivity contribution in [3.8, 4) is 0 Å². The Morgan fingerprint density at radius 2 is 2.20 bits per heavy atom. The van der Waals surface area contributed by atoms with Crippen molar-refractivity contribution < 1.29 is 4.79 Å². The topological polar surface area (TPSA) is 88.5 Å². The number of aromatic nitrogens is 5. The number of nitrogens with zero attached hydrogens (tertiary/aromatic N) is 4. The molecule has 20 heavy (non-hydrogen) atoms. The molecule has 2 N–H and O–H groups in total. The summed E-state index contributed by atoms with van der Waals surface area (Å²) in [7, 11) is 0. The van der Waals surface area contributed by atoms with Crippen LogP contribution in [0.3, 0.4) is 0 Å². The van der Waals surface area contributed by atoms with Crippen LogP contribution in [0.15, 0.2) is 17.4 Å². The molecule has 0 saturated carbocycles. The SMILES string of the molecule is Cc1nc(SC(C)C(=O)Nc2ccnn2C(C)C)n[nH]1. The second-order valence-corrected chi connectivity index (χ2v) is 6.02. The molecular formula is C12H18N6OS. The fourth-order valence-corrected chi connectivity index (χ4v) is 2.41. The number of rotatable bonds is 5. The maximum absolute atomic E-state index is 12.2. The molecular weight excluding hydrogens is 276 g/mol. The quantitative estimate of drug-likeness (QED) is 0.823. The van der Waals surface area contributed by atoms with Crippen LogP contribution in [-0.4, -0.2) is 36.1 Å². The lowest BCUT2D eigenvalue weighted by Gasteiger charge is -2.14. The van der Waals surface area contributed by atoms with Crippen LogP contribution in [0.5, 0.6) is 0 Å². The molecule has 0 bridgehead atoms. The molecule has 2 aromatic heterocycles. The average molecular weight is 294 g/mol. The lowest BCUT2D eigenvalue weighted by Crippen LogP contribution is -2.24. The number of thioether (sulfide) groups is 1. The van der Waals surface area contributed by atoms with Crippen molar-refractivity contribution in [2.75, 3.05) is 5.32 Å². The first-order valence-electron chi connectivity index (χ1n) is 6.37. The van der Waals surface area contributed by atoms with Crippen LogP contribution in [0, 0.1) is 6.92 Å². The van der Waals surface area contributed by atoms with Gasteiger partial charge in [-0.2, -0.15) is 5.10 Å². The van der Waals surface area contributed by atoms with Crippen molar-refractivity contribution >= 4 is 23.5 Å². The Hall–Kier alpha value is -1.83. The van der Waals surface area contributed by atoms with Crippen molar-refractivity contribution in [1.82, 2.24) is 25.0 Å². The van der Waals surface area contributed by atoms with E-state index in [4.69, 9.17) is 0 Å². The van der Waals surface area contributed by atoms with Crippen LogP contribution in [0.25, 0.3) is 0 Å². The summed E-state index contributed by atoms with van der Waals surface area (Å²) in [4.78, 5) is 16.3. The molecule has 7 nitrogen and oxygen atoms in total. The van der Waals surface area contributed by atoms with Crippen LogP contribution in [0.1, 0.15) is 32.6 Å². The summed E-state index contributed by atoms with van der Waals surface area (Å²) in [5, 5.41) is 14.1. The number of carbonyl (C=O) groups is 1. The zero-order chi connectivity index (χ0) is 14.7. The molecule has 1 unspecified atom stereocenters. The summed E-state index contributed by atoms with van der Waals surface area (Å²) in [6.45, 7) is 7.67. The Kier molecular flexibility index (Phi) is 4.43. The van der Waals surface area contributed by atoms with E-state index in [9.17, 15) is 4.79 Å². The number of hydrogen-bond donors (Lipinski definition) is 2. The van der Waals surface area contributed by atoms with E-state index in [1.165, 1.54) is 11.8 Å². The van der Waals surface area contributed by atoms with Gasteiger partial charge in [0.05, 0.1) is 11.4 Å². The second-order valence-electron chi connectivity index (χ2n) is 4.71. The van der Waals surface area contributed by atoms with Gasteiger partial charge in [-0.1, -0.05) is 11.8 Å². The predicted molar refractivity (Wildman–Crippen MR) is 77.7 cm³/mol. The van der Waals surface area contributed by atoms with Crippen LogP contribution in [0.4, 0.5) is 5.82 Å². The number of anilines is 1. The van der Waals surface area contributed by atoms with Crippen LogP contribution in [-0.2, 0) is 4.79 Å². The normalized spacial score (nSPS) is 12.7. The van der Waals surface area contributed by atoms with Crippen LogP contribution in [0.2, 0.25) is 0 Å². The first-order valence-corrected chi connectivity index (χ1v) is 7.25. The van der Waals surface area contributed by atoms with E-state index in [2.05, 4.69) is 25.6 Å². The third kappa shape index (κ3) is 3.38. The lowest BCUT2D eigenvalue weighted by atomic mass is 10.4. The number of aryl methyl sites for hydroxylation is 1. The van der Waals surface area contributed by atoms with Crippen molar-refractivity contribution in [2.24, 2.45) is 0 Å². The molecule has 0 fully saturated rings. The van der Waals surface area contributed by atoms with E-state index in [0.717, 1.165) is 5.82 Å². The molecule has 0 spiro atoms. The third-order valence-electron chi connectivity index (χ3n) is 2.64. The summed E-state index contributed by atoms with van der Waals surface area (Å²) in [6, 6.07) is 1.98. The maximum atomic E-state index is 12.2. The van der Waals surface area contributed by atoms with E-state index in [1.807, 2.05) is 27.7 Å². The summed E-state index contributed by atoms with van der Waals surface area (Å²) < 4.78 is 1.77. The maximum Gasteiger partial charge on any atom is 0.238 e. The highest BCUT2D eigenvalue weighted by Crippen LogP contribution is 2.21. The number of hydrogen-bond acceptors (Lipinski definition) is 5. The average Bonchev–Trinajstić information content (AvgIpc) is 2.98. The van der Waals surface area contributed by atoms with E-state index in [0.29, 0.717) is 11.0 Å². The van der Waals surface area contributed by atoms with E-state index < -0.39 is 0 Å². The molecule has 0 aliphatic rings. The smallest absolute Gasteiger partial charge is 0.238 e. The molecule has 0 aliphatic heterocycles. The molecule has 0 aliphatic carbocycles. The summed E-state index contributed by atoms with van der Waals surface area (Å²) >= 11 is 1.31. The van der Waals surface area contributed by atoms with E-state index in [-0.39, 0.29) is 17.2 Å². The molecule has 2 rings (SSSR count). The number of amides is 1. The summed E-state index contributed by atoms with van der Waals surface area (Å²) in [6.07, 6.45) is 1.67. The van der Waals surface area contributed by atoms with E-state index in [1.54, 1.807) is 16.9 Å².